The highest BCUT2D eigenvalue weighted by Gasteiger charge is 2.05. The number of aryl methyl sites for hydroxylation is 1. The molecule has 0 saturated carbocycles. The van der Waals surface area contributed by atoms with Crippen LogP contribution >= 0.6 is 0 Å². The zero-order chi connectivity index (χ0) is 18.1. The van der Waals surface area contributed by atoms with E-state index in [1.165, 1.54) is 6.07 Å². The molecule has 128 valence electrons. The van der Waals surface area contributed by atoms with E-state index in [9.17, 15) is 4.79 Å². The summed E-state index contributed by atoms with van der Waals surface area (Å²) in [6.45, 7) is 3.99. The van der Waals surface area contributed by atoms with Crippen molar-refractivity contribution in [3.8, 4) is 11.1 Å². The van der Waals surface area contributed by atoms with Crippen molar-refractivity contribution in [1.29, 1.82) is 0 Å². The first-order chi connectivity index (χ1) is 12.6. The predicted molar refractivity (Wildman–Crippen MR) is 104 cm³/mol. The summed E-state index contributed by atoms with van der Waals surface area (Å²) in [5, 5.41) is 9.49. The topological polar surface area (TPSA) is 75.6 Å². The summed E-state index contributed by atoms with van der Waals surface area (Å²) in [5.41, 5.74) is 3.33. The van der Waals surface area contributed by atoms with Crippen molar-refractivity contribution in [1.82, 2.24) is 19.7 Å². The quantitative estimate of drug-likeness (QED) is 0.595. The lowest BCUT2D eigenvalue weighted by atomic mass is 10.0. The second-order valence-electron chi connectivity index (χ2n) is 6.08. The Hall–Kier alpha value is -3.67. The van der Waals surface area contributed by atoms with Crippen molar-refractivity contribution in [2.24, 2.45) is 7.05 Å². The first-order valence-electron chi connectivity index (χ1n) is 8.12. The molecule has 3 heterocycles. The minimum absolute atomic E-state index is 0.168. The first kappa shape index (κ1) is 15.8. The van der Waals surface area contributed by atoms with Crippen LogP contribution < -0.4 is 10.9 Å². The number of hydrogen-bond donors (Lipinski definition) is 2. The molecule has 0 aliphatic rings. The molecule has 4 rings (SSSR count). The maximum absolute atomic E-state index is 11.4. The molecule has 0 amide bonds. The zero-order valence-corrected chi connectivity index (χ0v) is 14.2. The molecule has 0 aliphatic heterocycles. The van der Waals surface area contributed by atoms with Crippen LogP contribution in [0.2, 0.25) is 0 Å². The Balaban J connectivity index is 1.66. The number of H-pyrrole nitrogens is 1. The highest BCUT2D eigenvalue weighted by Crippen LogP contribution is 2.26. The van der Waals surface area contributed by atoms with E-state index in [2.05, 4.69) is 39.1 Å². The molecule has 0 radical (unpaired) electrons. The number of pyridine rings is 2. The van der Waals surface area contributed by atoms with E-state index in [1.807, 2.05) is 37.8 Å². The molecular formula is C20H17N5O. The summed E-state index contributed by atoms with van der Waals surface area (Å²) in [5.74, 6) is 0.672. The number of nitrogens with zero attached hydrogens (tertiary/aromatic N) is 3. The number of nitrogens with one attached hydrogen (secondary N) is 2. The summed E-state index contributed by atoms with van der Waals surface area (Å²) < 4.78 is 1.78. The lowest BCUT2D eigenvalue weighted by molar-refractivity contribution is 0.768. The molecule has 0 bridgehead atoms. The average molecular weight is 343 g/mol. The third kappa shape index (κ3) is 3.12. The summed E-state index contributed by atoms with van der Waals surface area (Å²) >= 11 is 0. The average Bonchev–Trinajstić information content (AvgIpc) is 3.07. The monoisotopic (exact) mass is 343 g/mol. The van der Waals surface area contributed by atoms with Gasteiger partial charge < -0.3 is 10.3 Å². The van der Waals surface area contributed by atoms with E-state index in [-0.39, 0.29) is 5.56 Å². The van der Waals surface area contributed by atoms with Crippen LogP contribution in [0, 0.1) is 0 Å². The molecule has 4 aromatic rings. The number of aromatic amines is 1. The van der Waals surface area contributed by atoms with Gasteiger partial charge in [-0.3, -0.25) is 9.48 Å². The summed E-state index contributed by atoms with van der Waals surface area (Å²) in [6, 6.07) is 11.5. The van der Waals surface area contributed by atoms with Gasteiger partial charge in [-0.1, -0.05) is 18.7 Å². The lowest BCUT2D eigenvalue weighted by Crippen LogP contribution is -2.06. The Kier molecular flexibility index (Phi) is 3.85. The molecule has 0 saturated heterocycles. The minimum Gasteiger partial charge on any atom is -0.340 e. The van der Waals surface area contributed by atoms with Crippen LogP contribution in [0.5, 0.6) is 0 Å². The van der Waals surface area contributed by atoms with Crippen molar-refractivity contribution in [3.63, 3.8) is 0 Å². The van der Waals surface area contributed by atoms with Crippen LogP contribution in [0.4, 0.5) is 5.82 Å². The van der Waals surface area contributed by atoms with Gasteiger partial charge in [-0.25, -0.2) is 4.98 Å². The van der Waals surface area contributed by atoms with Gasteiger partial charge >= 0.3 is 0 Å². The predicted octanol–water partition coefficient (Wildman–Crippen LogP) is 3.41. The number of anilines is 1. The van der Waals surface area contributed by atoms with Crippen LogP contribution in [0.15, 0.2) is 72.6 Å². The molecule has 0 aliphatic carbocycles. The molecule has 6 heteroatoms. The zero-order valence-electron chi connectivity index (χ0n) is 14.2. The maximum Gasteiger partial charge on any atom is 0.248 e. The van der Waals surface area contributed by atoms with Crippen molar-refractivity contribution in [3.05, 3.63) is 83.7 Å². The Morgan fingerprint density at radius 1 is 1.12 bits per heavy atom. The van der Waals surface area contributed by atoms with Gasteiger partial charge in [0.05, 0.1) is 6.20 Å². The third-order valence-electron chi connectivity index (χ3n) is 4.16. The van der Waals surface area contributed by atoms with Crippen LogP contribution in [0.1, 0.15) is 5.56 Å². The SMILES string of the molecule is C=C(Nc1cc2cc(-c3cnn(C)c3)ccc2cn1)c1cc[nH]c(=O)c1. The highest BCUT2D eigenvalue weighted by atomic mass is 16.1. The second-order valence-corrected chi connectivity index (χ2v) is 6.08. The Bertz CT molecular complexity index is 1170. The van der Waals surface area contributed by atoms with Gasteiger partial charge in [-0.05, 0) is 29.1 Å². The van der Waals surface area contributed by atoms with E-state index >= 15 is 0 Å². The molecule has 0 spiro atoms. The molecular weight excluding hydrogens is 326 g/mol. The molecule has 0 fully saturated rings. The minimum atomic E-state index is -0.168. The third-order valence-corrected chi connectivity index (χ3v) is 4.16. The van der Waals surface area contributed by atoms with Gasteiger partial charge in [0.1, 0.15) is 5.82 Å². The van der Waals surface area contributed by atoms with E-state index in [0.717, 1.165) is 27.5 Å². The number of fused-ring (bicyclic) bond motifs is 1. The number of rotatable bonds is 4. The first-order valence-corrected chi connectivity index (χ1v) is 8.12. The Morgan fingerprint density at radius 2 is 2.00 bits per heavy atom. The van der Waals surface area contributed by atoms with E-state index < -0.39 is 0 Å². The van der Waals surface area contributed by atoms with Crippen LogP contribution in [-0.2, 0) is 7.05 Å². The van der Waals surface area contributed by atoms with Crippen LogP contribution in [0.3, 0.4) is 0 Å². The van der Waals surface area contributed by atoms with Crippen molar-refractivity contribution in [2.75, 3.05) is 5.32 Å². The summed E-state index contributed by atoms with van der Waals surface area (Å²) in [6.07, 6.45) is 7.24. The van der Waals surface area contributed by atoms with Gasteiger partial charge in [0.2, 0.25) is 5.56 Å². The number of aromatic nitrogens is 4. The van der Waals surface area contributed by atoms with E-state index in [4.69, 9.17) is 0 Å². The summed E-state index contributed by atoms with van der Waals surface area (Å²) in [7, 11) is 1.90. The lowest BCUT2D eigenvalue weighted by Gasteiger charge is -2.10. The van der Waals surface area contributed by atoms with E-state index in [0.29, 0.717) is 11.5 Å². The standard InChI is InChI=1S/C20H17N5O/c1-13(14-5-6-21-20(26)9-14)24-19-8-17-7-15(3-4-16(17)10-22-19)18-11-23-25(2)12-18/h3-12H,1H2,2H3,(H,21,26)(H,22,24). The normalized spacial score (nSPS) is 10.8. The van der Waals surface area contributed by atoms with Gasteiger partial charge in [0.25, 0.3) is 0 Å². The molecule has 0 unspecified atom stereocenters. The van der Waals surface area contributed by atoms with Crippen molar-refractivity contribution < 1.29 is 0 Å². The maximum atomic E-state index is 11.4. The van der Waals surface area contributed by atoms with Crippen LogP contribution in [0.25, 0.3) is 27.6 Å². The molecule has 3 aromatic heterocycles. The molecule has 26 heavy (non-hydrogen) atoms. The Labute approximate surface area is 149 Å². The fourth-order valence-electron chi connectivity index (χ4n) is 2.82. The molecule has 1 aromatic carbocycles. The second kappa shape index (κ2) is 6.33. The molecule has 6 nitrogen and oxygen atoms in total. The largest absolute Gasteiger partial charge is 0.340 e. The van der Waals surface area contributed by atoms with Gasteiger partial charge in [0.15, 0.2) is 0 Å². The van der Waals surface area contributed by atoms with Crippen molar-refractivity contribution in [2.45, 2.75) is 0 Å². The van der Waals surface area contributed by atoms with Gasteiger partial charge in [0, 0.05) is 53.9 Å². The van der Waals surface area contributed by atoms with Crippen molar-refractivity contribution >= 4 is 22.3 Å². The van der Waals surface area contributed by atoms with Gasteiger partial charge in [-0.15, -0.1) is 0 Å². The van der Waals surface area contributed by atoms with Crippen LogP contribution in [-0.4, -0.2) is 19.7 Å². The highest BCUT2D eigenvalue weighted by molar-refractivity contribution is 5.89. The number of hydrogen-bond acceptors (Lipinski definition) is 4. The van der Waals surface area contributed by atoms with Gasteiger partial charge in [-0.2, -0.15) is 5.10 Å². The molecule has 0 atom stereocenters. The summed E-state index contributed by atoms with van der Waals surface area (Å²) in [4.78, 5) is 18.5. The smallest absolute Gasteiger partial charge is 0.248 e. The molecule has 2 N–H and O–H groups in total. The Morgan fingerprint density at radius 3 is 2.77 bits per heavy atom. The van der Waals surface area contributed by atoms with E-state index in [1.54, 1.807) is 16.9 Å². The number of benzene rings is 1. The fraction of sp³-hybridized carbons (Fsp3) is 0.0500. The fourth-order valence-corrected chi connectivity index (χ4v) is 2.82.